The highest BCUT2D eigenvalue weighted by molar-refractivity contribution is 6.05. The van der Waals surface area contributed by atoms with Crippen LogP contribution < -0.4 is 64.2 Å². The molecule has 0 aliphatic rings. The number of amides is 11. The van der Waals surface area contributed by atoms with Crippen LogP contribution in [0.15, 0.2) is 55.4 Å². The SMILES string of the molecule is CC(=O)Nc1cc(C(=O)NCCC(=O)Nc2cn(C)c(C(=O)Nc3cc(C(=O)NCC[C@@H](N)C(=O)Nc4cc(C(=O)NCCC(=O)Nc5cn(C)c(C(=O)Nc6cn(C)c(C(=O)NCCC(=O)NCCCN(C)C)n6)n5)n(C)c4)n(C)c3)n2)n(C)c1. The van der Waals surface area contributed by atoms with E-state index in [2.05, 4.69) is 73.4 Å². The first-order valence-corrected chi connectivity index (χ1v) is 26.9. The van der Waals surface area contributed by atoms with E-state index in [1.807, 2.05) is 19.0 Å². The normalized spacial score (nSPS) is 11.3. The van der Waals surface area contributed by atoms with Crippen LogP contribution in [-0.2, 0) is 66.3 Å². The Hall–Kier alpha value is -10.4. The van der Waals surface area contributed by atoms with Gasteiger partial charge in [-0.1, -0.05) is 0 Å². The topological polar surface area (TPSA) is 418 Å². The minimum absolute atomic E-state index is 0.00333. The molecule has 86 heavy (non-hydrogen) atoms. The highest BCUT2D eigenvalue weighted by Gasteiger charge is 2.23. The second-order valence-corrected chi connectivity index (χ2v) is 20.2. The van der Waals surface area contributed by atoms with Gasteiger partial charge < -0.3 is 96.5 Å². The first-order chi connectivity index (χ1) is 40.7. The third kappa shape index (κ3) is 18.5. The highest BCUT2D eigenvalue weighted by atomic mass is 16.2. The van der Waals surface area contributed by atoms with Gasteiger partial charge in [-0.25, -0.2) is 15.0 Å². The Labute approximate surface area is 492 Å². The first kappa shape index (κ1) is 64.7. The van der Waals surface area contributed by atoms with E-state index in [0.29, 0.717) is 12.2 Å². The third-order valence-electron chi connectivity index (χ3n) is 12.7. The standard InChI is InChI=1S/C53H72N22O11/c1-30(76)60-31-21-35(70(4)24-31)49(82)57-18-13-42(78)63-38-27-74(8)45(65-38)52(85)62-33-23-37(72(6)26-33)48(81)56-16-11-34(54)47(80)61-32-22-36(71(5)25-32)50(83)58-19-14-43(79)64-39-28-75(9)46(66-39)53(86)68-40-29-73(7)44(67-40)51(84)59-17-12-41(77)55-15-10-20-69(2)3/h21-29,34H,10-20,54H2,1-9H3,(H,55,77)(H,56,81)(H,57,82)(H,58,83)(H,59,84)(H,60,76)(H,61,80)(H,62,85)(H,63,78)(H,64,79)(H,68,86)/t34-/m1/s1. The molecule has 0 saturated carbocycles. The van der Waals surface area contributed by atoms with Crippen molar-refractivity contribution in [1.82, 2.24) is 73.8 Å². The second kappa shape index (κ2) is 29.7. The zero-order chi connectivity index (χ0) is 62.9. The fourth-order valence-electron chi connectivity index (χ4n) is 8.40. The van der Waals surface area contributed by atoms with Crippen LogP contribution in [0, 0.1) is 0 Å². The minimum Gasteiger partial charge on any atom is -0.356 e. The van der Waals surface area contributed by atoms with Gasteiger partial charge in [-0.15, -0.1) is 0 Å². The molecule has 460 valence electrons. The number of carbonyl (C=O) groups excluding carboxylic acids is 11. The number of nitrogens with one attached hydrogen (secondary N) is 11. The molecule has 6 rings (SSSR count). The van der Waals surface area contributed by atoms with Crippen LogP contribution in [-0.4, -0.2) is 172 Å². The zero-order valence-electron chi connectivity index (χ0n) is 49.1. The summed E-state index contributed by atoms with van der Waals surface area (Å²) in [5.74, 6) is -5.39. The number of aryl methyl sites for hydroxylation is 6. The van der Waals surface area contributed by atoms with Crippen molar-refractivity contribution in [2.24, 2.45) is 48.0 Å². The molecule has 6 heterocycles. The Bertz CT molecular complexity index is 3520. The van der Waals surface area contributed by atoms with Crippen LogP contribution in [0.4, 0.5) is 34.5 Å². The summed E-state index contributed by atoms with van der Waals surface area (Å²) in [6, 6.07) is 3.29. The average Bonchev–Trinajstić information content (AvgIpc) is 4.06. The van der Waals surface area contributed by atoms with Crippen molar-refractivity contribution in [2.45, 2.75) is 45.1 Å². The number of nitrogens with zero attached hydrogens (tertiary/aromatic N) is 10. The van der Waals surface area contributed by atoms with Crippen LogP contribution >= 0.6 is 0 Å². The Morgan fingerprint density at radius 2 is 0.826 bits per heavy atom. The van der Waals surface area contributed by atoms with Crippen molar-refractivity contribution >= 4 is 99.5 Å². The molecule has 0 aliphatic carbocycles. The lowest BCUT2D eigenvalue weighted by Gasteiger charge is -2.12. The Morgan fingerprint density at radius 3 is 1.28 bits per heavy atom. The molecule has 33 heteroatoms. The summed E-state index contributed by atoms with van der Waals surface area (Å²) in [5, 5.41) is 29.1. The average molecular weight is 1190 g/mol. The van der Waals surface area contributed by atoms with E-state index in [9.17, 15) is 52.7 Å². The van der Waals surface area contributed by atoms with Gasteiger partial charge in [0.05, 0.1) is 23.1 Å². The van der Waals surface area contributed by atoms with Crippen LogP contribution in [0.1, 0.15) is 102 Å². The lowest BCUT2D eigenvalue weighted by Crippen LogP contribution is -2.39. The van der Waals surface area contributed by atoms with E-state index in [4.69, 9.17) is 5.73 Å². The summed E-state index contributed by atoms with van der Waals surface area (Å²) in [5.41, 5.74) is 7.73. The Balaban J connectivity index is 0.870. The largest absolute Gasteiger partial charge is 0.356 e. The summed E-state index contributed by atoms with van der Waals surface area (Å²) in [6.45, 7) is 2.69. The van der Waals surface area contributed by atoms with Gasteiger partial charge in [-0.2, -0.15) is 0 Å². The van der Waals surface area contributed by atoms with Gasteiger partial charge in [-0.05, 0) is 51.7 Å². The van der Waals surface area contributed by atoms with E-state index in [1.54, 1.807) is 48.5 Å². The fourth-order valence-corrected chi connectivity index (χ4v) is 8.40. The van der Waals surface area contributed by atoms with Crippen molar-refractivity contribution in [3.05, 3.63) is 89.9 Å². The fraction of sp³-hybridized carbons (Fsp3) is 0.396. The van der Waals surface area contributed by atoms with Crippen molar-refractivity contribution < 1.29 is 52.7 Å². The first-order valence-electron chi connectivity index (χ1n) is 26.9. The lowest BCUT2D eigenvalue weighted by molar-refractivity contribution is -0.121. The number of hydrogen-bond acceptors (Lipinski definition) is 16. The maximum Gasteiger partial charge on any atom is 0.292 e. The van der Waals surface area contributed by atoms with Gasteiger partial charge in [-0.3, -0.25) is 52.7 Å². The van der Waals surface area contributed by atoms with E-state index in [-0.39, 0.29) is 127 Å². The number of hydrogen-bond donors (Lipinski definition) is 12. The van der Waals surface area contributed by atoms with Gasteiger partial charge in [0, 0.05) is 138 Å². The van der Waals surface area contributed by atoms with E-state index < -0.39 is 59.2 Å². The number of rotatable bonds is 29. The molecule has 0 saturated heterocycles. The molecule has 0 radical (unpaired) electrons. The molecule has 6 aromatic heterocycles. The summed E-state index contributed by atoms with van der Waals surface area (Å²) in [4.78, 5) is 155. The van der Waals surface area contributed by atoms with E-state index in [1.165, 1.54) is 83.5 Å². The van der Waals surface area contributed by atoms with Gasteiger partial charge in [0.25, 0.3) is 35.4 Å². The number of anilines is 6. The molecule has 13 N–H and O–H groups in total. The third-order valence-corrected chi connectivity index (χ3v) is 12.7. The van der Waals surface area contributed by atoms with Gasteiger partial charge in [0.15, 0.2) is 17.5 Å². The van der Waals surface area contributed by atoms with Crippen LogP contribution in [0.2, 0.25) is 0 Å². The maximum atomic E-state index is 13.2. The quantitative estimate of drug-likeness (QED) is 0.0255. The van der Waals surface area contributed by atoms with Crippen molar-refractivity contribution in [3.8, 4) is 0 Å². The second-order valence-electron chi connectivity index (χ2n) is 20.2. The molecule has 0 bridgehead atoms. The van der Waals surface area contributed by atoms with E-state index >= 15 is 0 Å². The maximum absolute atomic E-state index is 13.2. The summed E-state index contributed by atoms with van der Waals surface area (Å²) in [7, 11) is 13.4. The predicted octanol–water partition coefficient (Wildman–Crippen LogP) is -0.844. The number of aromatic nitrogens is 9. The van der Waals surface area contributed by atoms with Crippen molar-refractivity contribution in [3.63, 3.8) is 0 Å². The molecular formula is C53H72N22O11. The molecule has 11 amide bonds. The molecule has 0 aromatic carbocycles. The van der Waals surface area contributed by atoms with Crippen LogP contribution in [0.3, 0.4) is 0 Å². The molecular weight excluding hydrogens is 1120 g/mol. The molecule has 0 aliphatic heterocycles. The monoisotopic (exact) mass is 1190 g/mol. The summed E-state index contributed by atoms with van der Waals surface area (Å²) < 4.78 is 8.68. The smallest absolute Gasteiger partial charge is 0.292 e. The van der Waals surface area contributed by atoms with Crippen LogP contribution in [0.5, 0.6) is 0 Å². The van der Waals surface area contributed by atoms with Crippen molar-refractivity contribution in [1.29, 1.82) is 0 Å². The number of imidazole rings is 3. The molecule has 1 atom stereocenters. The molecule has 0 spiro atoms. The molecule has 0 fully saturated rings. The summed E-state index contributed by atoms with van der Waals surface area (Å²) in [6.07, 6.45) is 9.50. The van der Waals surface area contributed by atoms with Gasteiger partial charge in [0.2, 0.25) is 47.0 Å². The summed E-state index contributed by atoms with van der Waals surface area (Å²) >= 11 is 0. The van der Waals surface area contributed by atoms with Gasteiger partial charge >= 0.3 is 0 Å². The van der Waals surface area contributed by atoms with Gasteiger partial charge in [0.1, 0.15) is 17.1 Å². The highest BCUT2D eigenvalue weighted by Crippen LogP contribution is 2.18. The number of nitrogens with two attached hydrogens (primary N) is 1. The zero-order valence-corrected chi connectivity index (χ0v) is 49.1. The molecule has 0 unspecified atom stereocenters. The van der Waals surface area contributed by atoms with E-state index in [0.717, 1.165) is 13.0 Å². The Morgan fingerprint density at radius 1 is 0.442 bits per heavy atom. The van der Waals surface area contributed by atoms with Crippen LogP contribution in [0.25, 0.3) is 0 Å². The lowest BCUT2D eigenvalue weighted by atomic mass is 10.2. The minimum atomic E-state index is -1.07. The molecule has 6 aromatic rings. The van der Waals surface area contributed by atoms with Crippen molar-refractivity contribution in [2.75, 3.05) is 85.3 Å². The number of carbonyl (C=O) groups is 11. The predicted molar refractivity (Wildman–Crippen MR) is 314 cm³/mol. The Kier molecular flexibility index (Phi) is 22.3. The molecule has 33 nitrogen and oxygen atoms in total.